The summed E-state index contributed by atoms with van der Waals surface area (Å²) >= 11 is 0. The van der Waals surface area contributed by atoms with Crippen molar-refractivity contribution in [1.82, 2.24) is 0 Å². The Morgan fingerprint density at radius 2 is 1.86 bits per heavy atom. The van der Waals surface area contributed by atoms with Gasteiger partial charge in [-0.05, 0) is 31.7 Å². The van der Waals surface area contributed by atoms with E-state index in [0.29, 0.717) is 5.92 Å². The Morgan fingerprint density at radius 3 is 2.36 bits per heavy atom. The molecule has 1 heteroatoms. The summed E-state index contributed by atoms with van der Waals surface area (Å²) in [7, 11) is 0. The molecule has 0 aliphatic rings. The van der Waals surface area contributed by atoms with Crippen molar-refractivity contribution in [2.24, 2.45) is 11.3 Å². The van der Waals surface area contributed by atoms with Crippen LogP contribution in [0, 0.1) is 22.7 Å². The normalized spacial score (nSPS) is 13.3. The lowest BCUT2D eigenvalue weighted by molar-refractivity contribution is 0.316. The fourth-order valence-corrected chi connectivity index (χ4v) is 1.33. The summed E-state index contributed by atoms with van der Waals surface area (Å²) in [6.07, 6.45) is 0.974. The van der Waals surface area contributed by atoms with Gasteiger partial charge in [-0.1, -0.05) is 37.3 Å². The molecule has 0 aromatic heterocycles. The van der Waals surface area contributed by atoms with Gasteiger partial charge in [0.15, 0.2) is 0 Å². The Bertz CT molecular complexity index is 319. The Labute approximate surface area is 86.4 Å². The predicted octanol–water partition coefficient (Wildman–Crippen LogP) is 3.41. The van der Waals surface area contributed by atoms with Gasteiger partial charge in [-0.15, -0.1) is 0 Å². The zero-order chi connectivity index (χ0) is 10.6. The first-order valence-corrected chi connectivity index (χ1v) is 5.01. The van der Waals surface area contributed by atoms with E-state index in [-0.39, 0.29) is 5.41 Å². The van der Waals surface area contributed by atoms with Crippen LogP contribution in [-0.2, 0) is 6.42 Å². The largest absolute Gasteiger partial charge is 0.198 e. The lowest BCUT2D eigenvalue weighted by Crippen LogP contribution is -2.21. The van der Waals surface area contributed by atoms with E-state index >= 15 is 0 Å². The standard InChI is InChI=1S/C13H17N/c1-11(13(2,3)10-14)9-12-7-5-4-6-8-12/h4-8,11H,9H2,1-3H3. The van der Waals surface area contributed by atoms with Gasteiger partial charge in [-0.3, -0.25) is 0 Å². The molecule has 1 aromatic carbocycles. The minimum atomic E-state index is -0.240. The molecule has 14 heavy (non-hydrogen) atoms. The van der Waals surface area contributed by atoms with E-state index < -0.39 is 0 Å². The molecule has 0 saturated carbocycles. The Morgan fingerprint density at radius 1 is 1.29 bits per heavy atom. The Hall–Kier alpha value is -1.29. The summed E-state index contributed by atoms with van der Waals surface area (Å²) in [6.45, 7) is 6.14. The van der Waals surface area contributed by atoms with Gasteiger partial charge in [-0.2, -0.15) is 5.26 Å². The van der Waals surface area contributed by atoms with Crippen molar-refractivity contribution in [2.75, 3.05) is 0 Å². The van der Waals surface area contributed by atoms with Gasteiger partial charge >= 0.3 is 0 Å². The SMILES string of the molecule is CC(Cc1ccccc1)C(C)(C)C#N. The van der Waals surface area contributed by atoms with Crippen LogP contribution in [0.3, 0.4) is 0 Å². The second kappa shape index (κ2) is 4.28. The smallest absolute Gasteiger partial charge is 0.0686 e. The molecular formula is C13H17N. The van der Waals surface area contributed by atoms with Crippen molar-refractivity contribution in [2.45, 2.75) is 27.2 Å². The topological polar surface area (TPSA) is 23.8 Å². The van der Waals surface area contributed by atoms with Crippen molar-refractivity contribution in [1.29, 1.82) is 5.26 Å². The highest BCUT2D eigenvalue weighted by molar-refractivity contribution is 5.16. The first kappa shape index (κ1) is 10.8. The molecule has 0 N–H and O–H groups in total. The first-order chi connectivity index (χ1) is 6.56. The van der Waals surface area contributed by atoms with Gasteiger partial charge in [0.05, 0.1) is 11.5 Å². The first-order valence-electron chi connectivity index (χ1n) is 5.01. The quantitative estimate of drug-likeness (QED) is 0.711. The summed E-state index contributed by atoms with van der Waals surface area (Å²) in [5.41, 5.74) is 1.07. The van der Waals surface area contributed by atoms with Gasteiger partial charge in [-0.25, -0.2) is 0 Å². The maximum absolute atomic E-state index is 8.99. The molecule has 74 valence electrons. The van der Waals surface area contributed by atoms with Crippen LogP contribution in [-0.4, -0.2) is 0 Å². The van der Waals surface area contributed by atoms with Crippen molar-refractivity contribution in [3.05, 3.63) is 35.9 Å². The molecule has 1 unspecified atom stereocenters. The Balaban J connectivity index is 2.68. The van der Waals surface area contributed by atoms with Gasteiger partial charge in [0.1, 0.15) is 0 Å². The van der Waals surface area contributed by atoms with E-state index in [4.69, 9.17) is 5.26 Å². The molecule has 0 bridgehead atoms. The number of hydrogen-bond donors (Lipinski definition) is 0. The summed E-state index contributed by atoms with van der Waals surface area (Å²) in [5.74, 6) is 0.384. The molecule has 0 spiro atoms. The third-order valence-electron chi connectivity index (χ3n) is 2.90. The minimum Gasteiger partial charge on any atom is -0.198 e. The molecule has 0 saturated heterocycles. The molecule has 1 atom stereocenters. The Kier molecular flexibility index (Phi) is 3.30. The van der Waals surface area contributed by atoms with E-state index in [9.17, 15) is 0 Å². The fraction of sp³-hybridized carbons (Fsp3) is 0.462. The zero-order valence-electron chi connectivity index (χ0n) is 9.12. The number of rotatable bonds is 3. The minimum absolute atomic E-state index is 0.240. The molecule has 0 heterocycles. The van der Waals surface area contributed by atoms with Crippen molar-refractivity contribution in [3.63, 3.8) is 0 Å². The van der Waals surface area contributed by atoms with E-state index in [0.717, 1.165) is 6.42 Å². The summed E-state index contributed by atoms with van der Waals surface area (Å²) in [6, 6.07) is 12.7. The molecular weight excluding hydrogens is 170 g/mol. The highest BCUT2D eigenvalue weighted by atomic mass is 14.4. The van der Waals surface area contributed by atoms with Crippen molar-refractivity contribution >= 4 is 0 Å². The molecule has 1 rings (SSSR count). The number of nitriles is 1. The van der Waals surface area contributed by atoms with Crippen LogP contribution in [0.2, 0.25) is 0 Å². The van der Waals surface area contributed by atoms with Crippen LogP contribution < -0.4 is 0 Å². The number of hydrogen-bond acceptors (Lipinski definition) is 1. The maximum atomic E-state index is 8.99. The zero-order valence-corrected chi connectivity index (χ0v) is 9.12. The van der Waals surface area contributed by atoms with Crippen LogP contribution in [0.15, 0.2) is 30.3 Å². The second-order valence-corrected chi connectivity index (χ2v) is 4.42. The molecule has 0 fully saturated rings. The van der Waals surface area contributed by atoms with E-state index in [2.05, 4.69) is 25.1 Å². The van der Waals surface area contributed by atoms with Crippen LogP contribution >= 0.6 is 0 Å². The van der Waals surface area contributed by atoms with Gasteiger partial charge in [0.2, 0.25) is 0 Å². The third-order valence-corrected chi connectivity index (χ3v) is 2.90. The summed E-state index contributed by atoms with van der Waals surface area (Å²) < 4.78 is 0. The molecule has 0 radical (unpaired) electrons. The highest BCUT2D eigenvalue weighted by Crippen LogP contribution is 2.28. The van der Waals surface area contributed by atoms with E-state index in [1.54, 1.807) is 0 Å². The second-order valence-electron chi connectivity index (χ2n) is 4.42. The third kappa shape index (κ3) is 2.60. The monoisotopic (exact) mass is 187 g/mol. The average Bonchev–Trinajstić information content (AvgIpc) is 2.19. The lowest BCUT2D eigenvalue weighted by Gasteiger charge is -2.24. The lowest BCUT2D eigenvalue weighted by atomic mass is 9.78. The van der Waals surface area contributed by atoms with Crippen molar-refractivity contribution < 1.29 is 0 Å². The summed E-state index contributed by atoms with van der Waals surface area (Å²) in [4.78, 5) is 0. The predicted molar refractivity (Wildman–Crippen MR) is 58.7 cm³/mol. The summed E-state index contributed by atoms with van der Waals surface area (Å²) in [5, 5.41) is 8.99. The average molecular weight is 187 g/mol. The maximum Gasteiger partial charge on any atom is 0.0686 e. The fourth-order valence-electron chi connectivity index (χ4n) is 1.33. The van der Waals surface area contributed by atoms with Crippen LogP contribution in [0.1, 0.15) is 26.3 Å². The molecule has 0 aliphatic carbocycles. The van der Waals surface area contributed by atoms with Crippen LogP contribution in [0.5, 0.6) is 0 Å². The number of nitrogens with zero attached hydrogens (tertiary/aromatic N) is 1. The van der Waals surface area contributed by atoms with Gasteiger partial charge < -0.3 is 0 Å². The molecule has 0 amide bonds. The highest BCUT2D eigenvalue weighted by Gasteiger charge is 2.25. The van der Waals surface area contributed by atoms with Crippen LogP contribution in [0.25, 0.3) is 0 Å². The van der Waals surface area contributed by atoms with E-state index in [1.165, 1.54) is 5.56 Å². The molecule has 1 aromatic rings. The van der Waals surface area contributed by atoms with Gasteiger partial charge in [0, 0.05) is 0 Å². The van der Waals surface area contributed by atoms with Crippen molar-refractivity contribution in [3.8, 4) is 6.07 Å². The number of benzene rings is 1. The van der Waals surface area contributed by atoms with Crippen LogP contribution in [0.4, 0.5) is 0 Å². The molecule has 1 nitrogen and oxygen atoms in total. The van der Waals surface area contributed by atoms with E-state index in [1.807, 2.05) is 32.0 Å². The van der Waals surface area contributed by atoms with Gasteiger partial charge in [0.25, 0.3) is 0 Å². The molecule has 0 aliphatic heterocycles.